The number of aromatic nitrogens is 1. The predicted molar refractivity (Wildman–Crippen MR) is 120 cm³/mol. The van der Waals surface area contributed by atoms with E-state index in [0.717, 1.165) is 52.9 Å². The van der Waals surface area contributed by atoms with E-state index in [1.54, 1.807) is 6.08 Å². The van der Waals surface area contributed by atoms with Crippen molar-refractivity contribution in [2.45, 2.75) is 19.3 Å². The minimum Gasteiger partial charge on any atom is -0.492 e. The summed E-state index contributed by atoms with van der Waals surface area (Å²) in [6, 6.07) is 16.3. The summed E-state index contributed by atoms with van der Waals surface area (Å²) in [5, 5.41) is 2.28. The molecule has 5 nitrogen and oxygen atoms in total. The fourth-order valence-corrected chi connectivity index (χ4v) is 3.87. The van der Waals surface area contributed by atoms with Crippen LogP contribution in [0.25, 0.3) is 16.8 Å². The quantitative estimate of drug-likeness (QED) is 0.583. The molecule has 5 heteroatoms. The molecule has 0 atom stereocenters. The largest absolute Gasteiger partial charge is 0.492 e. The Morgan fingerprint density at radius 2 is 1.90 bits per heavy atom. The molecular formula is C25H27N3O2. The van der Waals surface area contributed by atoms with Gasteiger partial charge < -0.3 is 10.5 Å². The molecule has 0 aliphatic carbocycles. The van der Waals surface area contributed by atoms with Gasteiger partial charge in [0.25, 0.3) is 0 Å². The second kappa shape index (κ2) is 9.55. The third-order valence-corrected chi connectivity index (χ3v) is 5.48. The smallest absolute Gasteiger partial charge is 0.241 e. The van der Waals surface area contributed by atoms with E-state index in [1.807, 2.05) is 30.5 Å². The summed E-state index contributed by atoms with van der Waals surface area (Å²) < 4.78 is 5.99. The van der Waals surface area contributed by atoms with Crippen molar-refractivity contribution in [3.8, 4) is 5.75 Å². The number of hydrogen-bond acceptors (Lipinski definition) is 4. The summed E-state index contributed by atoms with van der Waals surface area (Å²) in [5.41, 5.74) is 8.29. The Balaban J connectivity index is 1.43. The van der Waals surface area contributed by atoms with Crippen LogP contribution in [0.3, 0.4) is 0 Å². The summed E-state index contributed by atoms with van der Waals surface area (Å²) in [7, 11) is 0. The summed E-state index contributed by atoms with van der Waals surface area (Å²) >= 11 is 0. The van der Waals surface area contributed by atoms with Gasteiger partial charge in [0.1, 0.15) is 12.4 Å². The van der Waals surface area contributed by atoms with E-state index in [1.165, 1.54) is 32.0 Å². The molecule has 3 aromatic rings. The summed E-state index contributed by atoms with van der Waals surface area (Å²) in [5.74, 6) is 0.461. The lowest BCUT2D eigenvalue weighted by molar-refractivity contribution is -0.113. The number of likely N-dealkylation sites (tertiary alicyclic amines) is 1. The SMILES string of the molecule is NC(=O)/C=C/c1ccc(Cc2nccc3cc(OCCN4CCCC4)ccc23)cc1. The number of ether oxygens (including phenoxy) is 1. The van der Waals surface area contributed by atoms with Crippen LogP contribution in [0.1, 0.15) is 29.7 Å². The van der Waals surface area contributed by atoms with Crippen LogP contribution in [-0.4, -0.2) is 42.0 Å². The third kappa shape index (κ3) is 5.24. The van der Waals surface area contributed by atoms with Crippen LogP contribution in [0.2, 0.25) is 0 Å². The lowest BCUT2D eigenvalue weighted by Gasteiger charge is -2.15. The lowest BCUT2D eigenvalue weighted by Crippen LogP contribution is -2.25. The van der Waals surface area contributed by atoms with E-state index in [-0.39, 0.29) is 0 Å². The predicted octanol–water partition coefficient (Wildman–Crippen LogP) is 3.80. The molecular weight excluding hydrogens is 374 g/mol. The zero-order chi connectivity index (χ0) is 20.8. The van der Waals surface area contributed by atoms with Crippen LogP contribution >= 0.6 is 0 Å². The van der Waals surface area contributed by atoms with Gasteiger partial charge in [0.2, 0.25) is 5.91 Å². The van der Waals surface area contributed by atoms with Crippen LogP contribution in [-0.2, 0) is 11.2 Å². The minimum absolute atomic E-state index is 0.446. The highest BCUT2D eigenvalue weighted by atomic mass is 16.5. The minimum atomic E-state index is -0.446. The zero-order valence-electron chi connectivity index (χ0n) is 17.1. The number of amides is 1. The van der Waals surface area contributed by atoms with Crippen molar-refractivity contribution < 1.29 is 9.53 Å². The molecule has 30 heavy (non-hydrogen) atoms. The van der Waals surface area contributed by atoms with Crippen LogP contribution in [0.5, 0.6) is 5.75 Å². The number of fused-ring (bicyclic) bond motifs is 1. The summed E-state index contributed by atoms with van der Waals surface area (Å²) in [4.78, 5) is 17.9. The number of carbonyl (C=O) groups excluding carboxylic acids is 1. The highest BCUT2D eigenvalue weighted by molar-refractivity contribution is 5.90. The van der Waals surface area contributed by atoms with Crippen molar-refractivity contribution in [2.24, 2.45) is 5.73 Å². The molecule has 154 valence electrons. The number of rotatable bonds is 8. The number of benzene rings is 2. The second-order valence-electron chi connectivity index (χ2n) is 7.69. The molecule has 1 aromatic heterocycles. The fourth-order valence-electron chi connectivity index (χ4n) is 3.87. The van der Waals surface area contributed by atoms with Gasteiger partial charge in [-0.1, -0.05) is 24.3 Å². The molecule has 2 aromatic carbocycles. The topological polar surface area (TPSA) is 68.5 Å². The average Bonchev–Trinajstić information content (AvgIpc) is 3.27. The molecule has 1 aliphatic heterocycles. The third-order valence-electron chi connectivity index (χ3n) is 5.48. The fraction of sp³-hybridized carbons (Fsp3) is 0.280. The Hall–Kier alpha value is -3.18. The average molecular weight is 402 g/mol. The van der Waals surface area contributed by atoms with E-state index in [2.05, 4.69) is 34.1 Å². The number of nitrogens with two attached hydrogens (primary N) is 1. The molecule has 0 saturated carbocycles. The standard InChI is InChI=1S/C25H27N3O2/c26-25(29)10-7-19-3-5-20(6-4-19)17-24-23-9-8-22(18-21(23)11-12-27-24)30-16-15-28-13-1-2-14-28/h3-12,18H,1-2,13-17H2,(H2,26,29)/b10-7+. The molecule has 0 spiro atoms. The number of pyridine rings is 1. The Kier molecular flexibility index (Phi) is 6.40. The van der Waals surface area contributed by atoms with Crippen LogP contribution in [0, 0.1) is 0 Å². The van der Waals surface area contributed by atoms with Crippen molar-refractivity contribution in [1.82, 2.24) is 9.88 Å². The van der Waals surface area contributed by atoms with Gasteiger partial charge in [-0.2, -0.15) is 0 Å². The van der Waals surface area contributed by atoms with Crippen LogP contribution in [0.4, 0.5) is 0 Å². The first-order chi connectivity index (χ1) is 14.7. The van der Waals surface area contributed by atoms with Gasteiger partial charge in [0.05, 0.1) is 5.69 Å². The molecule has 1 aliphatic rings. The highest BCUT2D eigenvalue weighted by Gasteiger charge is 2.11. The number of nitrogens with zero attached hydrogens (tertiary/aromatic N) is 2. The first-order valence-corrected chi connectivity index (χ1v) is 10.5. The first kappa shape index (κ1) is 20.1. The molecule has 2 heterocycles. The van der Waals surface area contributed by atoms with Crippen molar-refractivity contribution in [2.75, 3.05) is 26.2 Å². The zero-order valence-corrected chi connectivity index (χ0v) is 17.1. The Morgan fingerprint density at radius 3 is 2.67 bits per heavy atom. The van der Waals surface area contributed by atoms with E-state index in [9.17, 15) is 4.79 Å². The number of carbonyl (C=O) groups is 1. The number of hydrogen-bond donors (Lipinski definition) is 1. The van der Waals surface area contributed by atoms with E-state index >= 15 is 0 Å². The van der Waals surface area contributed by atoms with Gasteiger partial charge in [0, 0.05) is 30.6 Å². The summed E-state index contributed by atoms with van der Waals surface area (Å²) in [6.45, 7) is 4.10. The van der Waals surface area contributed by atoms with E-state index in [4.69, 9.17) is 10.5 Å². The van der Waals surface area contributed by atoms with Gasteiger partial charge in [-0.3, -0.25) is 14.7 Å². The van der Waals surface area contributed by atoms with Crippen molar-refractivity contribution in [3.63, 3.8) is 0 Å². The van der Waals surface area contributed by atoms with E-state index in [0.29, 0.717) is 0 Å². The molecule has 0 bridgehead atoms. The Labute approximate surface area is 177 Å². The molecule has 0 unspecified atom stereocenters. The molecule has 4 rings (SSSR count). The normalized spacial score (nSPS) is 14.5. The molecule has 2 N–H and O–H groups in total. The van der Waals surface area contributed by atoms with Crippen molar-refractivity contribution in [1.29, 1.82) is 0 Å². The van der Waals surface area contributed by atoms with Gasteiger partial charge in [-0.15, -0.1) is 0 Å². The van der Waals surface area contributed by atoms with Crippen molar-refractivity contribution in [3.05, 3.63) is 77.6 Å². The lowest BCUT2D eigenvalue weighted by atomic mass is 10.0. The van der Waals surface area contributed by atoms with E-state index < -0.39 is 5.91 Å². The summed E-state index contributed by atoms with van der Waals surface area (Å²) in [6.07, 6.45) is 8.29. The van der Waals surface area contributed by atoms with Gasteiger partial charge in [-0.25, -0.2) is 0 Å². The Bertz CT molecular complexity index is 1040. The number of primary amides is 1. The maximum Gasteiger partial charge on any atom is 0.241 e. The van der Waals surface area contributed by atoms with Gasteiger partial charge in [-0.05, 0) is 72.8 Å². The van der Waals surface area contributed by atoms with Crippen LogP contribution in [0.15, 0.2) is 60.8 Å². The van der Waals surface area contributed by atoms with Crippen LogP contribution < -0.4 is 10.5 Å². The first-order valence-electron chi connectivity index (χ1n) is 10.5. The van der Waals surface area contributed by atoms with Gasteiger partial charge >= 0.3 is 0 Å². The van der Waals surface area contributed by atoms with Gasteiger partial charge in [0.15, 0.2) is 0 Å². The maximum atomic E-state index is 10.9. The highest BCUT2D eigenvalue weighted by Crippen LogP contribution is 2.24. The monoisotopic (exact) mass is 401 g/mol. The second-order valence-corrected chi connectivity index (χ2v) is 7.69. The molecule has 1 amide bonds. The molecule has 1 saturated heterocycles. The van der Waals surface area contributed by atoms with Crippen molar-refractivity contribution >= 4 is 22.8 Å². The molecule has 0 radical (unpaired) electrons. The Morgan fingerprint density at radius 1 is 1.10 bits per heavy atom. The molecule has 1 fully saturated rings. The maximum absolute atomic E-state index is 10.9.